The van der Waals surface area contributed by atoms with Gasteiger partial charge >= 0.3 is 0 Å². The number of hydrogen-bond donors (Lipinski definition) is 1. The van der Waals surface area contributed by atoms with Gasteiger partial charge in [0.15, 0.2) is 0 Å². The molecule has 5 rings (SSSR count). The highest BCUT2D eigenvalue weighted by molar-refractivity contribution is 6.14. The molecule has 6 nitrogen and oxygen atoms in total. The van der Waals surface area contributed by atoms with Crippen molar-refractivity contribution in [2.24, 2.45) is 0 Å². The van der Waals surface area contributed by atoms with Gasteiger partial charge in [-0.05, 0) is 58.4 Å². The number of nitrogens with zero attached hydrogens (tertiary/aromatic N) is 3. The van der Waals surface area contributed by atoms with E-state index in [2.05, 4.69) is 39.6 Å². The van der Waals surface area contributed by atoms with Gasteiger partial charge in [0.2, 0.25) is 0 Å². The molecule has 0 fully saturated rings. The maximum atomic E-state index is 5.42. The van der Waals surface area contributed by atoms with Gasteiger partial charge in [-0.1, -0.05) is 16.4 Å². The van der Waals surface area contributed by atoms with Crippen LogP contribution in [0.3, 0.4) is 0 Å². The van der Waals surface area contributed by atoms with Crippen molar-refractivity contribution in [3.05, 3.63) is 52.9 Å². The molecule has 0 saturated heterocycles. The molecule has 140 valence electrons. The highest BCUT2D eigenvalue weighted by atomic mass is 16.5. The molecule has 28 heavy (non-hydrogen) atoms. The van der Waals surface area contributed by atoms with Crippen LogP contribution in [-0.2, 0) is 0 Å². The Morgan fingerprint density at radius 3 is 2.11 bits per heavy atom. The fourth-order valence-electron chi connectivity index (χ4n) is 4.10. The maximum absolute atomic E-state index is 5.42. The van der Waals surface area contributed by atoms with E-state index in [4.69, 9.17) is 14.0 Å². The zero-order chi connectivity index (χ0) is 19.6. The molecular weight excluding hydrogens is 352 g/mol. The lowest BCUT2D eigenvalue weighted by atomic mass is 9.99. The summed E-state index contributed by atoms with van der Waals surface area (Å²) in [7, 11) is 0. The van der Waals surface area contributed by atoms with Gasteiger partial charge in [-0.25, -0.2) is 0 Å². The second-order valence-electron chi connectivity index (χ2n) is 7.32. The molecule has 0 saturated carbocycles. The van der Waals surface area contributed by atoms with E-state index >= 15 is 0 Å². The van der Waals surface area contributed by atoms with Crippen molar-refractivity contribution < 1.29 is 9.05 Å². The summed E-state index contributed by atoms with van der Waals surface area (Å²) in [6, 6.07) is 8.45. The SMILES string of the molecule is Cc1cc2[nH]c3ccc(-c4c(C)noc4C)cc3c2c(-c2c(C)noc2C)n1. The number of aromatic nitrogens is 4. The highest BCUT2D eigenvalue weighted by Crippen LogP contribution is 2.38. The number of hydrogen-bond acceptors (Lipinski definition) is 5. The zero-order valence-corrected chi connectivity index (χ0v) is 16.5. The topological polar surface area (TPSA) is 80.7 Å². The number of pyridine rings is 1. The van der Waals surface area contributed by atoms with E-state index in [0.717, 1.165) is 72.8 Å². The first-order valence-corrected chi connectivity index (χ1v) is 9.23. The standard InChI is InChI=1S/C22H20N4O2/c1-10-8-18-21(22(23-10)20-12(3)26-28-14(20)5)16-9-15(6-7-17(16)24-18)19-11(2)25-27-13(19)4/h6-9,24H,1-5H3. The zero-order valence-electron chi connectivity index (χ0n) is 16.5. The smallest absolute Gasteiger partial charge is 0.143 e. The van der Waals surface area contributed by atoms with Gasteiger partial charge < -0.3 is 14.0 Å². The Labute approximate surface area is 161 Å². The molecule has 0 aliphatic rings. The number of benzene rings is 1. The van der Waals surface area contributed by atoms with Crippen LogP contribution < -0.4 is 0 Å². The molecule has 4 aromatic heterocycles. The van der Waals surface area contributed by atoms with Crippen LogP contribution in [0.2, 0.25) is 0 Å². The summed E-state index contributed by atoms with van der Waals surface area (Å²) < 4.78 is 10.8. The largest absolute Gasteiger partial charge is 0.361 e. The van der Waals surface area contributed by atoms with Crippen molar-refractivity contribution in [3.63, 3.8) is 0 Å². The summed E-state index contributed by atoms with van der Waals surface area (Å²) >= 11 is 0. The minimum atomic E-state index is 0.771. The number of aryl methyl sites for hydroxylation is 5. The molecule has 5 aromatic rings. The molecule has 6 heteroatoms. The fraction of sp³-hybridized carbons (Fsp3) is 0.227. The van der Waals surface area contributed by atoms with Crippen LogP contribution in [0, 0.1) is 34.6 Å². The van der Waals surface area contributed by atoms with Gasteiger partial charge in [0.05, 0.1) is 28.2 Å². The Morgan fingerprint density at radius 2 is 1.46 bits per heavy atom. The van der Waals surface area contributed by atoms with Crippen molar-refractivity contribution in [2.45, 2.75) is 34.6 Å². The quantitative estimate of drug-likeness (QED) is 0.438. The first kappa shape index (κ1) is 16.7. The van der Waals surface area contributed by atoms with Crippen molar-refractivity contribution in [3.8, 4) is 22.4 Å². The molecule has 1 aromatic carbocycles. The molecular formula is C22H20N4O2. The minimum Gasteiger partial charge on any atom is -0.361 e. The van der Waals surface area contributed by atoms with Gasteiger partial charge in [0.1, 0.15) is 11.5 Å². The summed E-state index contributed by atoms with van der Waals surface area (Å²) in [6.07, 6.45) is 0. The van der Waals surface area contributed by atoms with Gasteiger partial charge in [0.25, 0.3) is 0 Å². The second-order valence-corrected chi connectivity index (χ2v) is 7.32. The van der Waals surface area contributed by atoms with Crippen LogP contribution >= 0.6 is 0 Å². The number of fused-ring (bicyclic) bond motifs is 3. The Balaban J connectivity index is 1.89. The highest BCUT2D eigenvalue weighted by Gasteiger charge is 2.20. The van der Waals surface area contributed by atoms with Gasteiger partial charge in [-0.15, -0.1) is 0 Å². The average molecular weight is 372 g/mol. The van der Waals surface area contributed by atoms with Crippen LogP contribution in [-0.4, -0.2) is 20.3 Å². The lowest BCUT2D eigenvalue weighted by molar-refractivity contribution is 0.393. The van der Waals surface area contributed by atoms with Crippen molar-refractivity contribution in [2.75, 3.05) is 0 Å². The van der Waals surface area contributed by atoms with Crippen molar-refractivity contribution in [1.29, 1.82) is 0 Å². The van der Waals surface area contributed by atoms with Crippen molar-refractivity contribution in [1.82, 2.24) is 20.3 Å². The second kappa shape index (κ2) is 5.79. The normalized spacial score (nSPS) is 11.8. The van der Waals surface area contributed by atoms with E-state index in [0.29, 0.717) is 0 Å². The minimum absolute atomic E-state index is 0.771. The van der Waals surface area contributed by atoms with Gasteiger partial charge in [-0.3, -0.25) is 4.98 Å². The number of rotatable bonds is 2. The van der Waals surface area contributed by atoms with E-state index in [-0.39, 0.29) is 0 Å². The van der Waals surface area contributed by atoms with Crippen LogP contribution in [0.5, 0.6) is 0 Å². The van der Waals surface area contributed by atoms with E-state index in [1.807, 2.05) is 34.6 Å². The fourth-order valence-corrected chi connectivity index (χ4v) is 4.10. The first-order chi connectivity index (χ1) is 13.4. The van der Waals surface area contributed by atoms with Crippen molar-refractivity contribution >= 4 is 21.8 Å². The summed E-state index contributed by atoms with van der Waals surface area (Å²) in [5, 5.41) is 10.4. The molecule has 1 N–H and O–H groups in total. The first-order valence-electron chi connectivity index (χ1n) is 9.23. The van der Waals surface area contributed by atoms with E-state index in [1.54, 1.807) is 0 Å². The number of nitrogens with one attached hydrogen (secondary N) is 1. The maximum Gasteiger partial charge on any atom is 0.143 e. The lowest BCUT2D eigenvalue weighted by Gasteiger charge is -2.06. The average Bonchev–Trinajstić information content (AvgIpc) is 3.29. The molecule has 0 bridgehead atoms. The number of H-pyrrole nitrogens is 1. The summed E-state index contributed by atoms with van der Waals surface area (Å²) in [6.45, 7) is 9.78. The Kier molecular flexibility index (Phi) is 3.46. The monoisotopic (exact) mass is 372 g/mol. The summed E-state index contributed by atoms with van der Waals surface area (Å²) in [5.74, 6) is 1.59. The molecule has 0 aliphatic carbocycles. The predicted octanol–water partition coefficient (Wildman–Crippen LogP) is 5.57. The lowest BCUT2D eigenvalue weighted by Crippen LogP contribution is -1.91. The van der Waals surface area contributed by atoms with Gasteiger partial charge in [0, 0.05) is 27.5 Å². The Hall–Kier alpha value is -3.41. The van der Waals surface area contributed by atoms with Gasteiger partial charge in [-0.2, -0.15) is 0 Å². The Morgan fingerprint density at radius 1 is 0.786 bits per heavy atom. The summed E-state index contributed by atoms with van der Waals surface area (Å²) in [4.78, 5) is 8.40. The third-order valence-electron chi connectivity index (χ3n) is 5.30. The molecule has 0 aliphatic heterocycles. The van der Waals surface area contributed by atoms with E-state index in [1.165, 1.54) is 0 Å². The molecule has 0 amide bonds. The van der Waals surface area contributed by atoms with Crippen LogP contribution in [0.15, 0.2) is 33.3 Å². The molecule has 0 unspecified atom stereocenters. The molecule has 0 spiro atoms. The van der Waals surface area contributed by atoms with Crippen LogP contribution in [0.1, 0.15) is 28.6 Å². The third-order valence-corrected chi connectivity index (χ3v) is 5.30. The number of aromatic amines is 1. The van der Waals surface area contributed by atoms with E-state index < -0.39 is 0 Å². The third kappa shape index (κ3) is 2.30. The Bertz CT molecular complexity index is 1330. The van der Waals surface area contributed by atoms with Crippen LogP contribution in [0.4, 0.5) is 0 Å². The predicted molar refractivity (Wildman–Crippen MR) is 108 cm³/mol. The van der Waals surface area contributed by atoms with E-state index in [9.17, 15) is 0 Å². The summed E-state index contributed by atoms with van der Waals surface area (Å²) in [5.41, 5.74) is 8.75. The van der Waals surface area contributed by atoms with Crippen LogP contribution in [0.25, 0.3) is 44.2 Å². The molecule has 4 heterocycles. The molecule has 0 radical (unpaired) electrons. The molecule has 0 atom stereocenters.